The van der Waals surface area contributed by atoms with E-state index in [9.17, 15) is 29.4 Å². The topological polar surface area (TPSA) is 123 Å². The first-order chi connectivity index (χ1) is 23.0. The van der Waals surface area contributed by atoms with E-state index in [1.54, 1.807) is 6.07 Å². The van der Waals surface area contributed by atoms with E-state index in [0.717, 1.165) is 32.1 Å². The van der Waals surface area contributed by atoms with Crippen molar-refractivity contribution in [3.8, 4) is 11.1 Å². The van der Waals surface area contributed by atoms with Gasteiger partial charge < -0.3 is 29.5 Å². The molecule has 2 saturated carbocycles. The molecule has 1 spiro atoms. The molecule has 6 rings (SSSR count). The van der Waals surface area contributed by atoms with Crippen LogP contribution in [0, 0.1) is 23.1 Å². The Morgan fingerprint density at radius 3 is 2.23 bits per heavy atom. The van der Waals surface area contributed by atoms with E-state index in [2.05, 4.69) is 0 Å². The summed E-state index contributed by atoms with van der Waals surface area (Å²) >= 11 is 0. The van der Waals surface area contributed by atoms with Gasteiger partial charge in [0, 0.05) is 74.0 Å². The fourth-order valence-electron chi connectivity index (χ4n) is 8.94. The molecule has 48 heavy (non-hydrogen) atoms. The van der Waals surface area contributed by atoms with Crippen molar-refractivity contribution in [3.63, 3.8) is 0 Å². The normalized spacial score (nSPS) is 23.8. The molecule has 0 bridgehead atoms. The van der Waals surface area contributed by atoms with Gasteiger partial charge in [0.1, 0.15) is 5.82 Å². The quantitative estimate of drug-likeness (QED) is 0.419. The molecular weight excluding hydrogens is 615 g/mol. The second-order valence-corrected chi connectivity index (χ2v) is 14.8. The van der Waals surface area contributed by atoms with Gasteiger partial charge in [-0.15, -0.1) is 0 Å². The molecule has 11 heteroatoms. The third kappa shape index (κ3) is 6.75. The van der Waals surface area contributed by atoms with Crippen LogP contribution < -0.4 is 5.56 Å². The minimum absolute atomic E-state index is 0.0455. The SMILES string of the molecule is CC(CC1CCCCC1)C(=O)N1CCC(O)(Cn2cc(C(=O)N3CCN(C(=O)O)CC3)c(-c3ccccc3F)cc2=O)C2(CCCC2)C1. The maximum Gasteiger partial charge on any atom is 0.407 e. The molecule has 10 nitrogen and oxygen atoms in total. The van der Waals surface area contributed by atoms with E-state index in [4.69, 9.17) is 0 Å². The highest BCUT2D eigenvalue weighted by Gasteiger charge is 2.56. The Labute approximate surface area is 281 Å². The molecule has 3 amide bonds. The Morgan fingerprint density at radius 2 is 1.56 bits per heavy atom. The summed E-state index contributed by atoms with van der Waals surface area (Å²) in [5.74, 6) is -0.329. The van der Waals surface area contributed by atoms with Gasteiger partial charge in [-0.1, -0.05) is 70.1 Å². The highest BCUT2D eigenvalue weighted by atomic mass is 19.1. The number of carboxylic acid groups (broad SMARTS) is 1. The van der Waals surface area contributed by atoms with Gasteiger partial charge in [-0.25, -0.2) is 9.18 Å². The van der Waals surface area contributed by atoms with Crippen LogP contribution in [0.15, 0.2) is 41.3 Å². The van der Waals surface area contributed by atoms with Crippen LogP contribution in [-0.4, -0.2) is 92.3 Å². The molecule has 2 aromatic rings. The number of carbonyl (C=O) groups is 3. The van der Waals surface area contributed by atoms with Crippen molar-refractivity contribution < 1.29 is 29.0 Å². The summed E-state index contributed by atoms with van der Waals surface area (Å²) in [5, 5.41) is 21.8. The second-order valence-electron chi connectivity index (χ2n) is 14.8. The van der Waals surface area contributed by atoms with E-state index in [1.807, 2.05) is 11.8 Å². The fourth-order valence-corrected chi connectivity index (χ4v) is 8.94. The zero-order chi connectivity index (χ0) is 34.1. The first-order valence-corrected chi connectivity index (χ1v) is 17.8. The minimum atomic E-state index is -1.29. The summed E-state index contributed by atoms with van der Waals surface area (Å²) in [4.78, 5) is 57.7. The maximum atomic E-state index is 15.1. The molecule has 1 aromatic heterocycles. The number of piperazine rings is 1. The van der Waals surface area contributed by atoms with Gasteiger partial charge in [0.15, 0.2) is 0 Å². The molecule has 2 aliphatic carbocycles. The van der Waals surface area contributed by atoms with Crippen molar-refractivity contribution in [2.24, 2.45) is 17.3 Å². The molecule has 2 aliphatic heterocycles. The summed E-state index contributed by atoms with van der Waals surface area (Å²) in [5.41, 5.74) is -1.92. The number of likely N-dealkylation sites (tertiary alicyclic amines) is 1. The van der Waals surface area contributed by atoms with Gasteiger partial charge in [0.25, 0.3) is 11.5 Å². The Bertz CT molecular complexity index is 1570. The summed E-state index contributed by atoms with van der Waals surface area (Å²) in [6.07, 6.45) is 11.1. The summed E-state index contributed by atoms with van der Waals surface area (Å²) < 4.78 is 16.5. The Hall–Kier alpha value is -3.73. The van der Waals surface area contributed by atoms with E-state index >= 15 is 4.39 Å². The zero-order valence-electron chi connectivity index (χ0n) is 28.0. The average Bonchev–Trinajstić information content (AvgIpc) is 3.57. The lowest BCUT2D eigenvalue weighted by Gasteiger charge is -2.53. The second kappa shape index (κ2) is 14.0. The lowest BCUT2D eigenvalue weighted by Crippen LogP contribution is -2.62. The van der Waals surface area contributed by atoms with Gasteiger partial charge in [-0.05, 0) is 37.7 Å². The number of aliphatic hydroxyl groups is 1. The standard InChI is InChI=1S/C37H49FN4O6/c1-26(21-27-9-3-2-4-10-27)33(44)41-16-15-37(48,36(24-41)13-7-8-14-36)25-42-23-30(34(45)39-17-19-40(20-18-39)35(46)47)29(22-32(42)43)28-11-5-6-12-31(28)38/h5-6,11-12,22-23,26-27,48H,2-4,7-10,13-21,24-25H2,1H3,(H,46,47). The van der Waals surface area contributed by atoms with Crippen molar-refractivity contribution in [2.75, 3.05) is 39.3 Å². The first kappa shape index (κ1) is 34.1. The van der Waals surface area contributed by atoms with Gasteiger partial charge in [0.05, 0.1) is 17.7 Å². The Kier molecular flexibility index (Phi) is 9.97. The highest BCUT2D eigenvalue weighted by molar-refractivity contribution is 6.00. The van der Waals surface area contributed by atoms with Crippen molar-refractivity contribution >= 4 is 17.9 Å². The third-order valence-corrected chi connectivity index (χ3v) is 11.8. The predicted octanol–water partition coefficient (Wildman–Crippen LogP) is 5.22. The van der Waals surface area contributed by atoms with Crippen LogP contribution in [-0.2, 0) is 11.3 Å². The average molecular weight is 665 g/mol. The van der Waals surface area contributed by atoms with Gasteiger partial charge in [-0.3, -0.25) is 14.4 Å². The molecular formula is C37H49FN4O6. The monoisotopic (exact) mass is 664 g/mol. The van der Waals surface area contributed by atoms with Crippen molar-refractivity contribution in [2.45, 2.75) is 89.7 Å². The van der Waals surface area contributed by atoms with Crippen LogP contribution in [0.2, 0.25) is 0 Å². The molecule has 1 aromatic carbocycles. The lowest BCUT2D eigenvalue weighted by molar-refractivity contribution is -0.163. The van der Waals surface area contributed by atoms with Crippen LogP contribution in [0.1, 0.15) is 87.9 Å². The van der Waals surface area contributed by atoms with Crippen molar-refractivity contribution in [1.82, 2.24) is 19.3 Å². The van der Waals surface area contributed by atoms with Crippen LogP contribution in [0.4, 0.5) is 9.18 Å². The van der Waals surface area contributed by atoms with E-state index in [-0.39, 0.29) is 61.2 Å². The molecule has 4 aliphatic rings. The van der Waals surface area contributed by atoms with E-state index in [0.29, 0.717) is 25.4 Å². The van der Waals surface area contributed by atoms with Crippen LogP contribution in [0.3, 0.4) is 0 Å². The van der Waals surface area contributed by atoms with Crippen LogP contribution >= 0.6 is 0 Å². The molecule has 2 N–H and O–H groups in total. The minimum Gasteiger partial charge on any atom is -0.465 e. The number of piperidine rings is 1. The predicted molar refractivity (Wildman–Crippen MR) is 179 cm³/mol. The number of rotatable bonds is 7. The van der Waals surface area contributed by atoms with Crippen LogP contribution in [0.25, 0.3) is 11.1 Å². The molecule has 2 atom stereocenters. The summed E-state index contributed by atoms with van der Waals surface area (Å²) in [6, 6.07) is 7.25. The zero-order valence-corrected chi connectivity index (χ0v) is 28.0. The first-order valence-electron chi connectivity index (χ1n) is 17.8. The molecule has 4 fully saturated rings. The Balaban J connectivity index is 1.28. The number of aromatic nitrogens is 1. The Morgan fingerprint density at radius 1 is 0.896 bits per heavy atom. The van der Waals surface area contributed by atoms with Crippen molar-refractivity contribution in [3.05, 3.63) is 58.3 Å². The molecule has 0 radical (unpaired) electrons. The lowest BCUT2D eigenvalue weighted by atomic mass is 9.65. The summed E-state index contributed by atoms with van der Waals surface area (Å²) in [6.45, 7) is 3.45. The van der Waals surface area contributed by atoms with Gasteiger partial charge >= 0.3 is 6.09 Å². The highest BCUT2D eigenvalue weighted by Crippen LogP contribution is 2.52. The van der Waals surface area contributed by atoms with Gasteiger partial charge in [-0.2, -0.15) is 0 Å². The number of hydrogen-bond donors (Lipinski definition) is 2. The fraction of sp³-hybridized carbons (Fsp3) is 0.622. The van der Waals surface area contributed by atoms with Crippen molar-refractivity contribution in [1.29, 1.82) is 0 Å². The number of hydrogen-bond acceptors (Lipinski definition) is 5. The molecule has 2 saturated heterocycles. The molecule has 260 valence electrons. The number of halogens is 1. The van der Waals surface area contributed by atoms with Crippen LogP contribution in [0.5, 0.6) is 0 Å². The number of amides is 3. The van der Waals surface area contributed by atoms with E-state index < -0.39 is 34.4 Å². The maximum absolute atomic E-state index is 15.1. The van der Waals surface area contributed by atoms with E-state index in [1.165, 1.54) is 76.9 Å². The number of nitrogens with zero attached hydrogens (tertiary/aromatic N) is 4. The summed E-state index contributed by atoms with van der Waals surface area (Å²) in [7, 11) is 0. The molecule has 2 unspecified atom stereocenters. The number of benzene rings is 1. The number of pyridine rings is 1. The van der Waals surface area contributed by atoms with Gasteiger partial charge in [0.2, 0.25) is 5.91 Å². The smallest absolute Gasteiger partial charge is 0.407 e. The molecule has 3 heterocycles. The largest absolute Gasteiger partial charge is 0.465 e. The third-order valence-electron chi connectivity index (χ3n) is 11.8. The number of carbonyl (C=O) groups excluding carboxylic acids is 2.